The molecule has 0 amide bonds. The minimum Gasteiger partial charge on any atom is -0.443 e. The Morgan fingerprint density at radius 2 is 2.11 bits per heavy atom. The number of hydrogen-bond acceptors (Lipinski definition) is 4. The highest BCUT2D eigenvalue weighted by molar-refractivity contribution is 5.91. The molecule has 1 heterocycles. The second-order valence-electron chi connectivity index (χ2n) is 8.73. The molecule has 1 aromatic heterocycles. The van der Waals surface area contributed by atoms with Crippen molar-refractivity contribution >= 4 is 17.0 Å². The van der Waals surface area contributed by atoms with Gasteiger partial charge in [-0.2, -0.15) is 0 Å². The number of carbonyl (C=O) groups is 1. The summed E-state index contributed by atoms with van der Waals surface area (Å²) >= 11 is 0. The first-order chi connectivity index (χ1) is 13.3. The Balaban J connectivity index is 1.95. The van der Waals surface area contributed by atoms with Crippen molar-refractivity contribution < 1.29 is 9.53 Å². The fraction of sp³-hybridized carbons (Fsp3) is 0.571. The van der Waals surface area contributed by atoms with E-state index in [4.69, 9.17) is 10.3 Å². The smallest absolute Gasteiger partial charge is 0.419 e. The lowest BCUT2D eigenvalue weighted by Gasteiger charge is -2.30. The lowest BCUT2D eigenvalue weighted by Crippen LogP contribution is -2.32. The number of fused-ring (bicyclic) bond motifs is 1. The van der Waals surface area contributed by atoms with Crippen molar-refractivity contribution in [2.45, 2.75) is 58.7 Å². The van der Waals surface area contributed by atoms with Crippen LogP contribution in [0.5, 0.6) is 0 Å². The maximum absolute atomic E-state index is 13.0. The first-order valence-corrected chi connectivity index (χ1v) is 9.83. The molecule has 7 heteroatoms. The summed E-state index contributed by atoms with van der Waals surface area (Å²) in [6.07, 6.45) is 3.53. The third-order valence-electron chi connectivity index (χ3n) is 5.06. The van der Waals surface area contributed by atoms with Gasteiger partial charge < -0.3 is 9.64 Å². The van der Waals surface area contributed by atoms with Crippen LogP contribution in [0.15, 0.2) is 29.4 Å². The maximum Gasteiger partial charge on any atom is 0.419 e. The van der Waals surface area contributed by atoms with E-state index in [9.17, 15) is 4.79 Å². The van der Waals surface area contributed by atoms with Crippen molar-refractivity contribution in [2.24, 2.45) is 11.0 Å². The van der Waals surface area contributed by atoms with Crippen LogP contribution < -0.4 is 0 Å². The van der Waals surface area contributed by atoms with Crippen LogP contribution in [0.25, 0.3) is 21.3 Å². The summed E-state index contributed by atoms with van der Waals surface area (Å²) in [6.45, 7) is 7.57. The largest absolute Gasteiger partial charge is 0.443 e. The minimum atomic E-state index is -0.578. The Bertz CT molecular complexity index is 901. The number of rotatable bonds is 6. The molecule has 1 aromatic carbocycles. The van der Waals surface area contributed by atoms with E-state index in [1.165, 1.54) is 19.3 Å². The molecule has 1 aliphatic carbocycles. The van der Waals surface area contributed by atoms with Crippen molar-refractivity contribution in [3.05, 3.63) is 46.0 Å². The van der Waals surface area contributed by atoms with E-state index in [1.807, 2.05) is 45.0 Å². The van der Waals surface area contributed by atoms with Gasteiger partial charge in [0.1, 0.15) is 5.60 Å². The van der Waals surface area contributed by atoms with Gasteiger partial charge in [-0.25, -0.2) is 9.36 Å². The van der Waals surface area contributed by atoms with Crippen LogP contribution in [0.3, 0.4) is 0 Å². The van der Waals surface area contributed by atoms with Gasteiger partial charge in [0.2, 0.25) is 0 Å². The SMILES string of the molecule is CN(Cc1cc2ccc(CN=[N+]=[N-])cc2n1C(=O)OC(C)(C)C)CC1CCC1. The number of azide groups is 1. The van der Waals surface area contributed by atoms with Gasteiger partial charge in [-0.3, -0.25) is 0 Å². The number of hydrogen-bond donors (Lipinski definition) is 0. The van der Waals surface area contributed by atoms with Gasteiger partial charge >= 0.3 is 6.09 Å². The predicted octanol–water partition coefficient (Wildman–Crippen LogP) is 5.47. The van der Waals surface area contributed by atoms with Crippen molar-refractivity contribution in [3.63, 3.8) is 0 Å². The number of carbonyl (C=O) groups excluding carboxylic acids is 1. The highest BCUT2D eigenvalue weighted by Gasteiger charge is 2.24. The van der Waals surface area contributed by atoms with Crippen molar-refractivity contribution in [3.8, 4) is 0 Å². The third kappa shape index (κ3) is 4.86. The summed E-state index contributed by atoms with van der Waals surface area (Å²) < 4.78 is 7.33. The average molecular weight is 383 g/mol. The third-order valence-corrected chi connectivity index (χ3v) is 5.06. The Morgan fingerprint density at radius 1 is 1.36 bits per heavy atom. The molecule has 0 radical (unpaired) electrons. The van der Waals surface area contributed by atoms with Gasteiger partial charge in [0.05, 0.1) is 12.1 Å². The molecule has 7 nitrogen and oxygen atoms in total. The van der Waals surface area contributed by atoms with Gasteiger partial charge in [0.15, 0.2) is 0 Å². The second kappa shape index (κ2) is 8.25. The monoisotopic (exact) mass is 383 g/mol. The van der Waals surface area contributed by atoms with Crippen LogP contribution in [0.2, 0.25) is 0 Å². The highest BCUT2D eigenvalue weighted by Crippen LogP contribution is 2.28. The summed E-state index contributed by atoms with van der Waals surface area (Å²) in [7, 11) is 2.10. The number of aromatic nitrogens is 1. The van der Waals surface area contributed by atoms with Crippen LogP contribution in [-0.4, -0.2) is 34.8 Å². The first-order valence-electron chi connectivity index (χ1n) is 9.83. The fourth-order valence-electron chi connectivity index (χ4n) is 3.61. The summed E-state index contributed by atoms with van der Waals surface area (Å²) in [6, 6.07) is 7.85. The molecule has 28 heavy (non-hydrogen) atoms. The summed E-state index contributed by atoms with van der Waals surface area (Å²) in [4.78, 5) is 18.1. The highest BCUT2D eigenvalue weighted by atomic mass is 16.6. The van der Waals surface area contributed by atoms with E-state index in [0.29, 0.717) is 6.54 Å². The number of nitrogens with zero attached hydrogens (tertiary/aromatic N) is 5. The normalized spacial score (nSPS) is 14.8. The molecular formula is C21H29N5O2. The van der Waals surface area contributed by atoms with E-state index in [-0.39, 0.29) is 12.6 Å². The molecule has 2 aromatic rings. The molecule has 0 bridgehead atoms. The zero-order valence-corrected chi connectivity index (χ0v) is 17.2. The summed E-state index contributed by atoms with van der Waals surface area (Å²) in [5.41, 5.74) is 10.6. The topological polar surface area (TPSA) is 83.2 Å². The van der Waals surface area contributed by atoms with Crippen molar-refractivity contribution in [1.82, 2.24) is 9.47 Å². The van der Waals surface area contributed by atoms with E-state index in [1.54, 1.807) is 4.57 Å². The molecule has 1 fully saturated rings. The molecule has 3 rings (SSSR count). The van der Waals surface area contributed by atoms with Gasteiger partial charge in [-0.05, 0) is 69.8 Å². The number of ether oxygens (including phenoxy) is 1. The Morgan fingerprint density at radius 3 is 2.71 bits per heavy atom. The van der Waals surface area contributed by atoms with Crippen molar-refractivity contribution in [2.75, 3.05) is 13.6 Å². The van der Waals surface area contributed by atoms with Crippen LogP contribution in [0.1, 0.15) is 51.3 Å². The van der Waals surface area contributed by atoms with E-state index in [2.05, 4.69) is 22.0 Å². The van der Waals surface area contributed by atoms with E-state index >= 15 is 0 Å². The van der Waals surface area contributed by atoms with Gasteiger partial charge in [-0.15, -0.1) is 0 Å². The van der Waals surface area contributed by atoms with Crippen LogP contribution in [0.4, 0.5) is 4.79 Å². The Labute approximate surface area is 165 Å². The quantitative estimate of drug-likeness (QED) is 0.377. The van der Waals surface area contributed by atoms with Crippen LogP contribution in [-0.2, 0) is 17.8 Å². The predicted molar refractivity (Wildman–Crippen MR) is 110 cm³/mol. The molecule has 0 saturated heterocycles. The maximum atomic E-state index is 13.0. The van der Waals surface area contributed by atoms with Gasteiger partial charge in [0.25, 0.3) is 0 Å². The molecule has 0 aliphatic heterocycles. The summed E-state index contributed by atoms with van der Waals surface area (Å²) in [5, 5.41) is 4.61. The number of benzene rings is 1. The minimum absolute atomic E-state index is 0.253. The van der Waals surface area contributed by atoms with Crippen molar-refractivity contribution in [1.29, 1.82) is 0 Å². The zero-order chi connectivity index (χ0) is 20.3. The van der Waals surface area contributed by atoms with Crippen LogP contribution >= 0.6 is 0 Å². The fourth-order valence-corrected chi connectivity index (χ4v) is 3.61. The molecule has 0 unspecified atom stereocenters. The Hall–Kier alpha value is -2.50. The molecule has 0 spiro atoms. The first kappa shape index (κ1) is 20.2. The average Bonchev–Trinajstić information content (AvgIpc) is 2.91. The van der Waals surface area contributed by atoms with Gasteiger partial charge in [-0.1, -0.05) is 23.7 Å². The molecular weight excluding hydrogens is 354 g/mol. The molecule has 0 atom stereocenters. The lowest BCUT2D eigenvalue weighted by molar-refractivity contribution is 0.0536. The second-order valence-corrected chi connectivity index (χ2v) is 8.73. The summed E-state index contributed by atoms with van der Waals surface area (Å²) in [5.74, 6) is 0.764. The van der Waals surface area contributed by atoms with Crippen LogP contribution in [0, 0.1) is 5.92 Å². The standard InChI is InChI=1S/C21H29N5O2/c1-21(2,3)28-20(27)26-18(14-25(4)13-15-6-5-7-15)11-17-9-8-16(10-19(17)26)12-23-24-22/h8-11,15H,5-7,12-14H2,1-4H3. The molecule has 150 valence electrons. The Kier molecular flexibility index (Phi) is 5.96. The zero-order valence-electron chi connectivity index (χ0n) is 17.2. The molecule has 1 aliphatic rings. The van der Waals surface area contributed by atoms with E-state index in [0.717, 1.165) is 34.6 Å². The van der Waals surface area contributed by atoms with Gasteiger partial charge in [0, 0.05) is 29.1 Å². The molecule has 0 N–H and O–H groups in total. The molecule has 1 saturated carbocycles. The van der Waals surface area contributed by atoms with E-state index < -0.39 is 5.60 Å². The lowest BCUT2D eigenvalue weighted by atomic mass is 9.85.